The highest BCUT2D eigenvalue weighted by atomic mass is 28.3. The second-order valence-corrected chi connectivity index (χ2v) is 7.96. The smallest absolute Gasteiger partial charge is 0.151 e. The molecule has 0 bridgehead atoms. The first-order valence-electron chi connectivity index (χ1n) is 3.76. The van der Waals surface area contributed by atoms with Crippen molar-refractivity contribution in [2.45, 2.75) is 25.3 Å². The average molecular weight is 177 g/mol. The fraction of sp³-hybridized carbons (Fsp3) is 1.00. The first-order valence-corrected chi connectivity index (χ1v) is 5.86. The van der Waals surface area contributed by atoms with Crippen LogP contribution in [0.3, 0.4) is 0 Å². The topological polar surface area (TPSA) is 21.3 Å². The lowest BCUT2D eigenvalue weighted by Crippen LogP contribution is -2.21. The van der Waals surface area contributed by atoms with Crippen molar-refractivity contribution in [2.75, 3.05) is 13.6 Å². The van der Waals surface area contributed by atoms with E-state index in [0.717, 1.165) is 17.0 Å². The highest BCUT2D eigenvalue weighted by Crippen LogP contribution is 2.26. The fourth-order valence-corrected chi connectivity index (χ4v) is 4.37. The summed E-state index contributed by atoms with van der Waals surface area (Å²) in [4.78, 5) is 0. The van der Waals surface area contributed by atoms with Crippen LogP contribution in [0.5, 0.6) is 0 Å². The Kier molecular flexibility index (Phi) is 5.24. The molecule has 0 aromatic rings. The molecule has 0 aliphatic heterocycles. The zero-order valence-corrected chi connectivity index (χ0v) is 10.9. The molecule has 10 heavy (non-hydrogen) atoms. The summed E-state index contributed by atoms with van der Waals surface area (Å²) < 4.78 is 5.35. The van der Waals surface area contributed by atoms with Gasteiger partial charge in [0.1, 0.15) is 10.5 Å². The van der Waals surface area contributed by atoms with Crippen molar-refractivity contribution >= 4 is 20.2 Å². The fourth-order valence-electron chi connectivity index (χ4n) is 0.926. The summed E-state index contributed by atoms with van der Waals surface area (Å²) in [6, 6.07) is 0. The molecule has 2 nitrogen and oxygen atoms in total. The Morgan fingerprint density at radius 1 is 1.60 bits per heavy atom. The average Bonchev–Trinajstić information content (AvgIpc) is 1.84. The van der Waals surface area contributed by atoms with Gasteiger partial charge in [-0.2, -0.15) is 0 Å². The maximum absolute atomic E-state index is 5.35. The molecule has 4 heteroatoms. The van der Waals surface area contributed by atoms with E-state index in [1.807, 2.05) is 7.05 Å². The molecule has 0 aliphatic rings. The highest BCUT2D eigenvalue weighted by molar-refractivity contribution is 6.37. The predicted molar refractivity (Wildman–Crippen MR) is 52.2 cm³/mol. The van der Waals surface area contributed by atoms with E-state index in [4.69, 9.17) is 4.12 Å². The third-order valence-corrected chi connectivity index (χ3v) is 3.88. The monoisotopic (exact) mass is 177 g/mol. The summed E-state index contributed by atoms with van der Waals surface area (Å²) in [5.74, 6) is 0. The lowest BCUT2D eigenvalue weighted by molar-refractivity contribution is 0.517. The molecule has 0 amide bonds. The Labute approximate surface area is 69.2 Å². The standard InChI is InChI=1S/C6H19NOSi2/c1-6(2,10-8-9)4-5-7-3/h7H,4-5,10H2,1-3,9H3. The van der Waals surface area contributed by atoms with Crippen LogP contribution in [-0.4, -0.2) is 33.8 Å². The SMILES string of the molecule is CNCCC(C)(C)[SiH2]O[SiH3]. The van der Waals surface area contributed by atoms with Gasteiger partial charge in [0.05, 0.1) is 0 Å². The van der Waals surface area contributed by atoms with Gasteiger partial charge in [0, 0.05) is 0 Å². The Balaban J connectivity index is 3.42. The van der Waals surface area contributed by atoms with Crippen LogP contribution in [0.2, 0.25) is 5.04 Å². The van der Waals surface area contributed by atoms with E-state index in [0.29, 0.717) is 5.04 Å². The highest BCUT2D eigenvalue weighted by Gasteiger charge is 2.16. The first kappa shape index (κ1) is 10.4. The van der Waals surface area contributed by atoms with E-state index in [1.54, 1.807) is 0 Å². The Morgan fingerprint density at radius 3 is 2.60 bits per heavy atom. The molecule has 0 aromatic heterocycles. The zero-order chi connectivity index (χ0) is 8.04. The Bertz CT molecular complexity index is 87.8. The molecule has 0 unspecified atom stereocenters. The van der Waals surface area contributed by atoms with Gasteiger partial charge in [-0.3, -0.25) is 0 Å². The molecule has 0 rings (SSSR count). The minimum absolute atomic E-state index is 0.249. The largest absolute Gasteiger partial charge is 0.468 e. The van der Waals surface area contributed by atoms with Crippen molar-refractivity contribution in [3.8, 4) is 0 Å². The van der Waals surface area contributed by atoms with Gasteiger partial charge in [0.15, 0.2) is 9.76 Å². The van der Waals surface area contributed by atoms with Crippen LogP contribution in [0.1, 0.15) is 20.3 Å². The third kappa shape index (κ3) is 5.16. The van der Waals surface area contributed by atoms with Gasteiger partial charge < -0.3 is 9.43 Å². The van der Waals surface area contributed by atoms with Gasteiger partial charge in [-0.05, 0) is 25.1 Å². The van der Waals surface area contributed by atoms with Gasteiger partial charge in [0.25, 0.3) is 0 Å². The van der Waals surface area contributed by atoms with Crippen molar-refractivity contribution in [3.63, 3.8) is 0 Å². The zero-order valence-electron chi connectivity index (χ0n) is 7.53. The molecule has 0 aliphatic carbocycles. The van der Waals surface area contributed by atoms with Crippen LogP contribution in [0.4, 0.5) is 0 Å². The van der Waals surface area contributed by atoms with Crippen LogP contribution >= 0.6 is 0 Å². The molecule has 0 fully saturated rings. The van der Waals surface area contributed by atoms with E-state index < -0.39 is 0 Å². The summed E-state index contributed by atoms with van der Waals surface area (Å²) in [7, 11) is 2.67. The second-order valence-electron chi connectivity index (χ2n) is 3.45. The van der Waals surface area contributed by atoms with Crippen LogP contribution in [0.15, 0.2) is 0 Å². The van der Waals surface area contributed by atoms with Crippen molar-refractivity contribution < 1.29 is 4.12 Å². The van der Waals surface area contributed by atoms with Gasteiger partial charge >= 0.3 is 0 Å². The molecule has 0 heterocycles. The summed E-state index contributed by atoms with van der Waals surface area (Å²) >= 11 is 0. The quantitative estimate of drug-likeness (QED) is 0.554. The number of hydrogen-bond donors (Lipinski definition) is 1. The molecule has 0 aromatic carbocycles. The summed E-state index contributed by atoms with van der Waals surface area (Å²) in [5, 5.41) is 3.65. The third-order valence-electron chi connectivity index (χ3n) is 1.59. The van der Waals surface area contributed by atoms with Crippen molar-refractivity contribution in [3.05, 3.63) is 0 Å². The van der Waals surface area contributed by atoms with Crippen molar-refractivity contribution in [1.82, 2.24) is 5.32 Å². The molecule has 1 N–H and O–H groups in total. The molecule has 0 saturated carbocycles. The number of rotatable bonds is 5. The Morgan fingerprint density at radius 2 is 2.20 bits per heavy atom. The molecular formula is C6H19NOSi2. The van der Waals surface area contributed by atoms with Crippen LogP contribution in [-0.2, 0) is 4.12 Å². The van der Waals surface area contributed by atoms with E-state index >= 15 is 0 Å². The second kappa shape index (κ2) is 5.06. The molecule has 0 atom stereocenters. The molecular weight excluding hydrogens is 158 g/mol. The minimum atomic E-state index is -0.249. The molecule has 0 saturated heterocycles. The van der Waals surface area contributed by atoms with Crippen LogP contribution in [0, 0.1) is 0 Å². The van der Waals surface area contributed by atoms with Crippen LogP contribution < -0.4 is 5.32 Å². The number of nitrogens with one attached hydrogen (secondary N) is 1. The maximum Gasteiger partial charge on any atom is 0.151 e. The molecule has 0 radical (unpaired) electrons. The summed E-state index contributed by atoms with van der Waals surface area (Å²) in [6.07, 6.45) is 1.25. The predicted octanol–water partition coefficient (Wildman–Crippen LogP) is -0.825. The van der Waals surface area contributed by atoms with E-state index in [9.17, 15) is 0 Å². The van der Waals surface area contributed by atoms with Gasteiger partial charge in [-0.15, -0.1) is 0 Å². The first-order chi connectivity index (χ1) is 4.62. The number of hydrogen-bond acceptors (Lipinski definition) is 2. The summed E-state index contributed by atoms with van der Waals surface area (Å²) in [6.45, 7) is 5.72. The lowest BCUT2D eigenvalue weighted by Gasteiger charge is -2.22. The van der Waals surface area contributed by atoms with E-state index in [-0.39, 0.29) is 9.76 Å². The van der Waals surface area contributed by atoms with E-state index in [1.165, 1.54) is 6.42 Å². The lowest BCUT2D eigenvalue weighted by atomic mass is 10.1. The maximum atomic E-state index is 5.35. The van der Waals surface area contributed by atoms with Gasteiger partial charge in [-0.25, -0.2) is 0 Å². The van der Waals surface area contributed by atoms with Gasteiger partial charge in [0.2, 0.25) is 0 Å². The Hall–Kier alpha value is 0.354. The van der Waals surface area contributed by atoms with Crippen LogP contribution in [0.25, 0.3) is 0 Å². The van der Waals surface area contributed by atoms with Crippen molar-refractivity contribution in [1.29, 1.82) is 0 Å². The molecule has 0 spiro atoms. The minimum Gasteiger partial charge on any atom is -0.468 e. The van der Waals surface area contributed by atoms with Gasteiger partial charge in [-0.1, -0.05) is 13.8 Å². The normalized spacial score (nSPS) is 13.5. The molecule has 62 valence electrons. The van der Waals surface area contributed by atoms with Crippen molar-refractivity contribution in [2.24, 2.45) is 0 Å². The summed E-state index contributed by atoms with van der Waals surface area (Å²) in [5.41, 5.74) is 0. The van der Waals surface area contributed by atoms with E-state index in [2.05, 4.69) is 19.2 Å².